The van der Waals surface area contributed by atoms with Crippen LogP contribution >= 0.6 is 0 Å². The van der Waals surface area contributed by atoms with Crippen molar-refractivity contribution < 1.29 is 4.79 Å². The molecule has 0 N–H and O–H groups in total. The summed E-state index contributed by atoms with van der Waals surface area (Å²) in [6, 6.07) is 6.03. The van der Waals surface area contributed by atoms with Crippen molar-refractivity contribution in [3.8, 4) is 0 Å². The molecule has 1 atom stereocenters. The summed E-state index contributed by atoms with van der Waals surface area (Å²) in [6.45, 7) is 2.03. The average molecular weight is 246 g/mol. The second-order valence-electron chi connectivity index (χ2n) is 5.22. The van der Waals surface area contributed by atoms with Crippen LogP contribution in [-0.2, 0) is 11.2 Å². The van der Waals surface area contributed by atoms with E-state index in [1.165, 1.54) is 0 Å². The Kier molecular flexibility index (Phi) is 4.88. The monoisotopic (exact) mass is 246 g/mol. The molecule has 1 saturated carbocycles. The molecule has 0 bridgehead atoms. The second kappa shape index (κ2) is 6.64. The fourth-order valence-corrected chi connectivity index (χ4v) is 2.53. The molecule has 1 aromatic heterocycles. The molecule has 0 amide bonds. The minimum absolute atomic E-state index is 0.335. The first-order valence-corrected chi connectivity index (χ1v) is 6.87. The van der Waals surface area contributed by atoms with Crippen LogP contribution in [0.1, 0.15) is 31.4 Å². The summed E-state index contributed by atoms with van der Waals surface area (Å²) < 4.78 is 0. The Bertz CT molecular complexity index is 377. The van der Waals surface area contributed by atoms with Gasteiger partial charge in [0.05, 0.1) is 0 Å². The summed E-state index contributed by atoms with van der Waals surface area (Å²) in [4.78, 5) is 18.2. The van der Waals surface area contributed by atoms with Crippen LogP contribution in [0.2, 0.25) is 0 Å². The number of hydrogen-bond donors (Lipinski definition) is 0. The molecular formula is C15H22N2O. The third kappa shape index (κ3) is 3.91. The van der Waals surface area contributed by atoms with E-state index in [9.17, 15) is 4.79 Å². The summed E-state index contributed by atoms with van der Waals surface area (Å²) >= 11 is 0. The van der Waals surface area contributed by atoms with Gasteiger partial charge in [0.15, 0.2) is 0 Å². The summed E-state index contributed by atoms with van der Waals surface area (Å²) in [6.07, 6.45) is 6.86. The van der Waals surface area contributed by atoms with Crippen molar-refractivity contribution in [1.29, 1.82) is 0 Å². The fraction of sp³-hybridized carbons (Fsp3) is 0.600. The van der Waals surface area contributed by atoms with Crippen molar-refractivity contribution in [2.24, 2.45) is 5.92 Å². The first-order valence-electron chi connectivity index (χ1n) is 6.87. The Morgan fingerprint density at radius 1 is 1.39 bits per heavy atom. The highest BCUT2D eigenvalue weighted by molar-refractivity contribution is 5.82. The molecule has 1 aliphatic rings. The van der Waals surface area contributed by atoms with Gasteiger partial charge in [-0.05, 0) is 45.0 Å². The van der Waals surface area contributed by atoms with Gasteiger partial charge in [-0.1, -0.05) is 6.07 Å². The van der Waals surface area contributed by atoms with Crippen LogP contribution in [0.5, 0.6) is 0 Å². The van der Waals surface area contributed by atoms with E-state index >= 15 is 0 Å². The van der Waals surface area contributed by atoms with Gasteiger partial charge >= 0.3 is 0 Å². The summed E-state index contributed by atoms with van der Waals surface area (Å²) in [5.41, 5.74) is 1.14. The molecule has 1 unspecified atom stereocenters. The lowest BCUT2D eigenvalue weighted by Crippen LogP contribution is -2.25. The third-order valence-electron chi connectivity index (χ3n) is 3.77. The summed E-state index contributed by atoms with van der Waals surface area (Å²) in [7, 11) is 2.13. The fourth-order valence-electron chi connectivity index (χ4n) is 2.53. The topological polar surface area (TPSA) is 33.2 Å². The normalized spacial score (nSPS) is 19.7. The van der Waals surface area contributed by atoms with Gasteiger partial charge in [0.25, 0.3) is 0 Å². The highest BCUT2D eigenvalue weighted by atomic mass is 16.1. The molecular weight excluding hydrogens is 224 g/mol. The zero-order chi connectivity index (χ0) is 12.8. The van der Waals surface area contributed by atoms with E-state index in [1.807, 2.05) is 18.3 Å². The van der Waals surface area contributed by atoms with E-state index in [2.05, 4.69) is 23.0 Å². The largest absolute Gasteiger partial charge is 0.306 e. The predicted molar refractivity (Wildman–Crippen MR) is 72.4 cm³/mol. The Morgan fingerprint density at radius 3 is 2.94 bits per heavy atom. The molecule has 1 aliphatic carbocycles. The number of nitrogens with zero attached hydrogens (tertiary/aromatic N) is 2. The van der Waals surface area contributed by atoms with Crippen molar-refractivity contribution in [2.45, 2.75) is 32.1 Å². The van der Waals surface area contributed by atoms with Crippen molar-refractivity contribution >= 4 is 5.78 Å². The molecule has 2 rings (SSSR count). The Labute approximate surface area is 109 Å². The maximum atomic E-state index is 11.5. The zero-order valence-corrected chi connectivity index (χ0v) is 11.1. The molecule has 3 heteroatoms. The highest BCUT2D eigenvalue weighted by Crippen LogP contribution is 2.24. The van der Waals surface area contributed by atoms with Crippen LogP contribution in [0, 0.1) is 5.92 Å². The maximum Gasteiger partial charge on any atom is 0.136 e. The van der Waals surface area contributed by atoms with Crippen LogP contribution in [0.25, 0.3) is 0 Å². The van der Waals surface area contributed by atoms with Gasteiger partial charge in [-0.15, -0.1) is 0 Å². The molecule has 1 aromatic rings. The number of rotatable bonds is 6. The number of aromatic nitrogens is 1. The number of carbonyl (C=O) groups is 1. The van der Waals surface area contributed by atoms with Gasteiger partial charge in [0, 0.05) is 37.2 Å². The number of likely N-dealkylation sites (N-methyl/N-ethyl adjacent to an activating group) is 1. The Morgan fingerprint density at radius 2 is 2.28 bits per heavy atom. The van der Waals surface area contributed by atoms with E-state index in [-0.39, 0.29) is 0 Å². The molecule has 98 valence electrons. The van der Waals surface area contributed by atoms with Gasteiger partial charge in [0.1, 0.15) is 5.78 Å². The smallest absolute Gasteiger partial charge is 0.136 e. The minimum atomic E-state index is 0.335. The highest BCUT2D eigenvalue weighted by Gasteiger charge is 2.23. The van der Waals surface area contributed by atoms with E-state index < -0.39 is 0 Å². The minimum Gasteiger partial charge on any atom is -0.306 e. The van der Waals surface area contributed by atoms with Crippen molar-refractivity contribution in [3.05, 3.63) is 30.1 Å². The molecule has 0 aromatic carbocycles. The number of ketones is 1. The number of hydrogen-bond acceptors (Lipinski definition) is 3. The van der Waals surface area contributed by atoms with Gasteiger partial charge < -0.3 is 4.90 Å². The van der Waals surface area contributed by atoms with Crippen molar-refractivity contribution in [2.75, 3.05) is 20.1 Å². The lowest BCUT2D eigenvalue weighted by Gasteiger charge is -2.18. The molecule has 18 heavy (non-hydrogen) atoms. The first kappa shape index (κ1) is 13.2. The molecule has 0 radical (unpaired) electrons. The first-order chi connectivity index (χ1) is 8.75. The summed E-state index contributed by atoms with van der Waals surface area (Å²) in [5, 5.41) is 0. The quantitative estimate of drug-likeness (QED) is 0.772. The Hall–Kier alpha value is -1.22. The van der Waals surface area contributed by atoms with Crippen molar-refractivity contribution in [3.63, 3.8) is 0 Å². The second-order valence-corrected chi connectivity index (χ2v) is 5.22. The third-order valence-corrected chi connectivity index (χ3v) is 3.77. The standard InChI is InChI=1S/C15H22N2O/c1-17(11-8-13-5-4-7-15(13)18)12-9-14-6-2-3-10-16-14/h2-3,6,10,13H,4-5,7-9,11-12H2,1H3. The number of carbonyl (C=O) groups excluding carboxylic acids is 1. The molecule has 0 aliphatic heterocycles. The summed E-state index contributed by atoms with van der Waals surface area (Å²) in [5.74, 6) is 0.815. The predicted octanol–water partition coefficient (Wildman–Crippen LogP) is 2.32. The number of Topliss-reactive ketones (excluding diaryl/α,β-unsaturated/α-hetero) is 1. The van der Waals surface area contributed by atoms with Gasteiger partial charge in [0.2, 0.25) is 0 Å². The van der Waals surface area contributed by atoms with Gasteiger partial charge in [-0.2, -0.15) is 0 Å². The zero-order valence-electron chi connectivity index (χ0n) is 11.1. The molecule has 0 spiro atoms. The lowest BCUT2D eigenvalue weighted by molar-refractivity contribution is -0.120. The van der Waals surface area contributed by atoms with Gasteiger partial charge in [-0.3, -0.25) is 9.78 Å². The van der Waals surface area contributed by atoms with Gasteiger partial charge in [-0.25, -0.2) is 0 Å². The molecule has 1 fully saturated rings. The van der Waals surface area contributed by atoms with E-state index in [4.69, 9.17) is 0 Å². The number of pyridine rings is 1. The van der Waals surface area contributed by atoms with Crippen LogP contribution in [0.4, 0.5) is 0 Å². The average Bonchev–Trinajstić information content (AvgIpc) is 2.81. The van der Waals surface area contributed by atoms with E-state index in [0.717, 1.165) is 50.9 Å². The SMILES string of the molecule is CN(CCc1ccccn1)CCC1CCCC1=O. The van der Waals surface area contributed by atoms with Crippen molar-refractivity contribution in [1.82, 2.24) is 9.88 Å². The van der Waals surface area contributed by atoms with Crippen LogP contribution in [0.3, 0.4) is 0 Å². The Balaban J connectivity index is 1.66. The lowest BCUT2D eigenvalue weighted by atomic mass is 10.0. The maximum absolute atomic E-state index is 11.5. The van der Waals surface area contributed by atoms with E-state index in [0.29, 0.717) is 11.7 Å². The molecule has 1 heterocycles. The molecule has 0 saturated heterocycles. The van der Waals surface area contributed by atoms with Crippen LogP contribution in [0.15, 0.2) is 24.4 Å². The van der Waals surface area contributed by atoms with E-state index in [1.54, 1.807) is 0 Å². The van der Waals surface area contributed by atoms with Crippen LogP contribution < -0.4 is 0 Å². The van der Waals surface area contributed by atoms with Crippen LogP contribution in [-0.4, -0.2) is 35.8 Å². The molecule has 3 nitrogen and oxygen atoms in total.